The van der Waals surface area contributed by atoms with Crippen LogP contribution in [0.1, 0.15) is 100 Å². The zero-order valence-corrected chi connectivity index (χ0v) is 45.8. The molecular weight excluding hydrogens is 1080 g/mol. The van der Waals surface area contributed by atoms with Gasteiger partial charge in [-0.15, -0.1) is 29.7 Å². The van der Waals surface area contributed by atoms with Crippen LogP contribution in [0.5, 0.6) is 11.5 Å². The molecule has 3 aromatic heterocycles. The molecule has 6 heteroatoms. The molecule has 0 aliphatic rings. The average Bonchev–Trinajstić information content (AvgIpc) is 3.97. The molecule has 1 atom stereocenters. The molecule has 8 aromatic carbocycles. The second kappa shape index (κ2) is 19.5. The van der Waals surface area contributed by atoms with Gasteiger partial charge in [-0.3, -0.25) is 4.57 Å². The van der Waals surface area contributed by atoms with E-state index in [1.54, 1.807) is 6.20 Å². The number of rotatable bonds is 9. The van der Waals surface area contributed by atoms with Crippen molar-refractivity contribution in [3.63, 3.8) is 0 Å². The summed E-state index contributed by atoms with van der Waals surface area (Å²) in [6.45, 7) is 21.4. The number of hydrogen-bond acceptors (Lipinski definition) is 2. The van der Waals surface area contributed by atoms with E-state index >= 15 is 0 Å². The van der Waals surface area contributed by atoms with Crippen LogP contribution in [0.15, 0.2) is 188 Å². The van der Waals surface area contributed by atoms with Gasteiger partial charge in [0.15, 0.2) is 0 Å². The first-order valence-electron chi connectivity index (χ1n) is 28.0. The van der Waals surface area contributed by atoms with E-state index in [-0.39, 0.29) is 55.0 Å². The number of imidazole rings is 1. The van der Waals surface area contributed by atoms with Gasteiger partial charge < -0.3 is 13.9 Å². The first-order valence-corrected chi connectivity index (χ1v) is 25.0. The van der Waals surface area contributed by atoms with Crippen LogP contribution in [0.25, 0.3) is 83.4 Å². The molecule has 0 N–H and O–H groups in total. The number of aromatic nitrogens is 4. The third-order valence-electron chi connectivity index (χ3n) is 14.1. The van der Waals surface area contributed by atoms with E-state index in [0.29, 0.717) is 34.3 Å². The Bertz CT molecular complexity index is 4160. The Balaban J connectivity index is 0.00000720. The third-order valence-corrected chi connectivity index (χ3v) is 14.1. The molecule has 11 rings (SSSR count). The van der Waals surface area contributed by atoms with Crippen molar-refractivity contribution in [1.82, 2.24) is 14.1 Å². The van der Waals surface area contributed by atoms with Crippen LogP contribution in [-0.4, -0.2) is 14.1 Å². The molecule has 0 aliphatic heterocycles. The van der Waals surface area contributed by atoms with Gasteiger partial charge in [-0.2, -0.15) is 18.2 Å². The normalized spacial score (nSPS) is 14.1. The number of ether oxygens (including phenoxy) is 1. The largest absolute Gasteiger partial charge is 0.510 e. The number of benzene rings is 8. The van der Waals surface area contributed by atoms with Crippen molar-refractivity contribution >= 4 is 32.8 Å². The van der Waals surface area contributed by atoms with Crippen LogP contribution in [0.3, 0.4) is 0 Å². The maximum absolute atomic E-state index is 9.49. The summed E-state index contributed by atoms with van der Waals surface area (Å²) in [5.41, 5.74) is 11.4. The average molecular weight is 1150 g/mol. The molecule has 1 unspecified atom stereocenters. The predicted octanol–water partition coefficient (Wildman–Crippen LogP) is 17.3. The number of pyridine rings is 1. The minimum atomic E-state index is -0.908. The van der Waals surface area contributed by atoms with E-state index in [9.17, 15) is 4.11 Å². The Morgan fingerprint density at radius 1 is 0.595 bits per heavy atom. The number of para-hydroxylation sites is 3. The quantitative estimate of drug-likeness (QED) is 0.107. The minimum Gasteiger partial charge on any atom is -0.510 e. The summed E-state index contributed by atoms with van der Waals surface area (Å²) in [5, 5.41) is 2.00. The smallest absolute Gasteiger partial charge is 0.268 e. The fraction of sp³-hybridized carbons (Fsp3) is 0.206. The summed E-state index contributed by atoms with van der Waals surface area (Å²) in [7, 11) is 0. The summed E-state index contributed by atoms with van der Waals surface area (Å²) in [4.78, 5) is 4.92. The van der Waals surface area contributed by atoms with Gasteiger partial charge in [-0.05, 0) is 101 Å². The maximum atomic E-state index is 9.49. The number of hydrogen-bond donors (Lipinski definition) is 0. The van der Waals surface area contributed by atoms with Gasteiger partial charge >= 0.3 is 0 Å². The van der Waals surface area contributed by atoms with E-state index in [1.807, 2.05) is 113 Å². The third kappa shape index (κ3) is 9.55. The van der Waals surface area contributed by atoms with Crippen molar-refractivity contribution < 1.29 is 38.6 Å². The van der Waals surface area contributed by atoms with Gasteiger partial charge in [0.2, 0.25) is 0 Å². The summed E-state index contributed by atoms with van der Waals surface area (Å²) in [6, 6.07) is 56.1. The molecule has 0 saturated carbocycles. The summed E-state index contributed by atoms with van der Waals surface area (Å²) >= 11 is 0. The Hall–Kier alpha value is -7.33. The molecule has 11 aromatic rings. The van der Waals surface area contributed by atoms with Gasteiger partial charge in [-0.1, -0.05) is 208 Å². The van der Waals surface area contributed by atoms with Gasteiger partial charge in [-0.25, -0.2) is 4.98 Å². The molecular formula is C68H62N4OPt-2. The van der Waals surface area contributed by atoms with Crippen LogP contribution in [-0.2, 0) is 31.9 Å². The van der Waals surface area contributed by atoms with Crippen LogP contribution < -0.4 is 9.30 Å². The molecule has 0 bridgehead atoms. The van der Waals surface area contributed by atoms with Crippen LogP contribution >= 0.6 is 0 Å². The molecule has 0 radical (unpaired) electrons. The Morgan fingerprint density at radius 2 is 1.27 bits per heavy atom. The van der Waals surface area contributed by atoms with Gasteiger partial charge in [0.1, 0.15) is 5.82 Å². The van der Waals surface area contributed by atoms with Crippen molar-refractivity contribution in [1.29, 1.82) is 0 Å². The zero-order valence-electron chi connectivity index (χ0n) is 49.5. The monoisotopic (exact) mass is 1150 g/mol. The van der Waals surface area contributed by atoms with E-state index in [2.05, 4.69) is 140 Å². The molecule has 74 heavy (non-hydrogen) atoms. The number of nitrogens with zero attached hydrogens (tertiary/aromatic N) is 4. The molecule has 372 valence electrons. The topological polar surface area (TPSA) is 35.9 Å². The van der Waals surface area contributed by atoms with Gasteiger partial charge in [0, 0.05) is 45.6 Å². The SMILES string of the molecule is [2H]c1c([2H])c([2H])c(-c2cccc(-c3cc(C(C)(C)C)cc(C(C)(C)C)c3)c2-[n+]2[c-]n(-c3[c-]c(Oc4[c-]c5c(cc4)c4cc(-c6ccccc6)ccc4n5-c4cc(C([2H])(C)C(C)(C)C)ccn4)ccc3)c3ccccc32)c([2H])c1[2H].[Pt]. The molecule has 3 heterocycles. The van der Waals surface area contributed by atoms with Crippen molar-refractivity contribution in [2.75, 3.05) is 0 Å². The summed E-state index contributed by atoms with van der Waals surface area (Å²) in [6.07, 6.45) is 5.46. The molecule has 0 aliphatic carbocycles. The summed E-state index contributed by atoms with van der Waals surface area (Å²) in [5.74, 6) is 0.661. The predicted molar refractivity (Wildman–Crippen MR) is 302 cm³/mol. The van der Waals surface area contributed by atoms with Crippen LogP contribution in [0, 0.1) is 23.9 Å². The van der Waals surface area contributed by atoms with E-state index < -0.39 is 24.0 Å². The minimum absolute atomic E-state index is 0. The Kier molecular flexibility index (Phi) is 11.4. The molecule has 0 fully saturated rings. The van der Waals surface area contributed by atoms with E-state index in [1.165, 1.54) is 0 Å². The Labute approximate surface area is 459 Å². The second-order valence-corrected chi connectivity index (χ2v) is 22.1. The zero-order chi connectivity index (χ0) is 56.1. The van der Waals surface area contributed by atoms with E-state index in [4.69, 9.17) is 13.8 Å². The molecule has 0 saturated heterocycles. The van der Waals surface area contributed by atoms with Crippen LogP contribution in [0.2, 0.25) is 0 Å². The molecule has 0 spiro atoms. The standard InChI is InChI=1S/C68H62N4O.Pt/c1-45(66(2,3)4)48-35-36-69-64(40-48)72-60-34-31-49(46-21-13-11-14-22-46)39-59(60)58-33-32-55(43-63(58)72)73-54-26-19-25-53(42-54)70-44-71(62-30-18-17-29-61(62)70)65-56(47-23-15-12-16-24-47)27-20-28-57(65)50-37-51(67(5,6)7)41-52(38-50)68(8,9)10;/h11-41,45H,1-10H3;/q-2;/i12D,15D,16D,23D,24D,45D;. The van der Waals surface area contributed by atoms with Crippen LogP contribution in [0.4, 0.5) is 0 Å². The van der Waals surface area contributed by atoms with E-state index in [0.717, 1.165) is 71.8 Å². The first-order chi connectivity index (χ1) is 37.4. The molecule has 5 nitrogen and oxygen atoms in total. The van der Waals surface area contributed by atoms with Crippen molar-refractivity contribution in [3.05, 3.63) is 223 Å². The van der Waals surface area contributed by atoms with Crippen molar-refractivity contribution in [2.45, 2.75) is 86.0 Å². The number of fused-ring (bicyclic) bond motifs is 4. The second-order valence-electron chi connectivity index (χ2n) is 22.1. The maximum Gasteiger partial charge on any atom is 0.268 e. The fourth-order valence-corrected chi connectivity index (χ4v) is 9.64. The summed E-state index contributed by atoms with van der Waals surface area (Å²) < 4.78 is 66.7. The van der Waals surface area contributed by atoms with Crippen molar-refractivity contribution in [3.8, 4) is 62.1 Å². The molecule has 0 amide bonds. The fourth-order valence-electron chi connectivity index (χ4n) is 9.64. The van der Waals surface area contributed by atoms with Crippen molar-refractivity contribution in [2.24, 2.45) is 5.41 Å². The van der Waals surface area contributed by atoms with Gasteiger partial charge in [0.25, 0.3) is 6.33 Å². The first kappa shape index (κ1) is 43.1. The Morgan fingerprint density at radius 3 is 1.99 bits per heavy atom. The van der Waals surface area contributed by atoms with Gasteiger partial charge in [0.05, 0.1) is 23.6 Å².